The summed E-state index contributed by atoms with van der Waals surface area (Å²) < 4.78 is 0.226. The Hall–Kier alpha value is -1.89. The van der Waals surface area contributed by atoms with E-state index in [9.17, 15) is 19.5 Å². The number of allylic oxidation sites excluding steroid dienone is 2. The highest BCUT2D eigenvalue weighted by Gasteiger charge is 2.28. The molecule has 228 valence electrons. The zero-order valence-electron chi connectivity index (χ0n) is 25.0. The van der Waals surface area contributed by atoms with E-state index >= 15 is 0 Å². The van der Waals surface area contributed by atoms with Crippen LogP contribution in [0.1, 0.15) is 148 Å². The van der Waals surface area contributed by atoms with E-state index in [1.807, 2.05) is 0 Å². The third-order valence-corrected chi connectivity index (χ3v) is 7.80. The fourth-order valence-electron chi connectivity index (χ4n) is 5.31. The molecular formula is C32H59NO6. The second kappa shape index (κ2) is 26.3. The van der Waals surface area contributed by atoms with Crippen LogP contribution in [0.3, 0.4) is 0 Å². The summed E-state index contributed by atoms with van der Waals surface area (Å²) in [7, 11) is 0. The summed E-state index contributed by atoms with van der Waals surface area (Å²) in [6.07, 6.45) is 28.2. The van der Waals surface area contributed by atoms with E-state index in [2.05, 4.69) is 19.1 Å². The van der Waals surface area contributed by atoms with Crippen molar-refractivity contribution in [2.24, 2.45) is 0 Å². The minimum atomic E-state index is -1.18. The number of carbonyl (C=O) groups is 3. The highest BCUT2D eigenvalue weighted by molar-refractivity contribution is 5.67. The van der Waals surface area contributed by atoms with E-state index in [1.54, 1.807) is 0 Å². The molecule has 39 heavy (non-hydrogen) atoms. The van der Waals surface area contributed by atoms with Gasteiger partial charge in [0, 0.05) is 12.4 Å². The summed E-state index contributed by atoms with van der Waals surface area (Å²) in [5.41, 5.74) is 0. The van der Waals surface area contributed by atoms with Crippen molar-refractivity contribution in [2.75, 3.05) is 26.2 Å². The lowest BCUT2D eigenvalue weighted by Gasteiger charge is -2.38. The normalized spacial score (nSPS) is 11.8. The molecule has 0 atom stereocenters. The van der Waals surface area contributed by atoms with Crippen LogP contribution in [0.2, 0.25) is 0 Å². The number of carboxylic acids is 3. The smallest absolute Gasteiger partial charge is 0.309 e. The Kier molecular flexibility index (Phi) is 25.1. The van der Waals surface area contributed by atoms with Crippen LogP contribution in [0.5, 0.6) is 0 Å². The van der Waals surface area contributed by atoms with E-state index in [0.29, 0.717) is 6.54 Å². The van der Waals surface area contributed by atoms with Gasteiger partial charge in [-0.2, -0.15) is 0 Å². The predicted octanol–water partition coefficient (Wildman–Crippen LogP) is 6.88. The fraction of sp³-hybridized carbons (Fsp3) is 0.844. The molecular weight excluding hydrogens is 494 g/mol. The van der Waals surface area contributed by atoms with E-state index in [-0.39, 0.29) is 43.4 Å². The number of carbonyl (C=O) groups excluding carboxylic acids is 1. The van der Waals surface area contributed by atoms with Crippen molar-refractivity contribution in [1.82, 2.24) is 0 Å². The zero-order chi connectivity index (χ0) is 29.0. The Morgan fingerprint density at radius 1 is 0.538 bits per heavy atom. The number of unbranched alkanes of at least 4 members (excludes halogenated alkanes) is 17. The lowest BCUT2D eigenvalue weighted by atomic mass is 10.0. The van der Waals surface area contributed by atoms with Crippen molar-refractivity contribution in [3.63, 3.8) is 0 Å². The predicted molar refractivity (Wildman–Crippen MR) is 156 cm³/mol. The maximum atomic E-state index is 11.1. The second-order valence-electron chi connectivity index (χ2n) is 11.3. The lowest BCUT2D eigenvalue weighted by molar-refractivity contribution is -0.927. The van der Waals surface area contributed by atoms with Crippen molar-refractivity contribution >= 4 is 17.9 Å². The molecule has 0 bridgehead atoms. The maximum Gasteiger partial charge on any atom is 0.309 e. The molecule has 0 saturated heterocycles. The van der Waals surface area contributed by atoms with Crippen molar-refractivity contribution < 1.29 is 34.2 Å². The van der Waals surface area contributed by atoms with Crippen LogP contribution in [0.4, 0.5) is 0 Å². The molecule has 0 saturated carbocycles. The summed E-state index contributed by atoms with van der Waals surface area (Å²) in [5, 5.41) is 29.3. The number of hydrogen-bond donors (Lipinski definition) is 2. The summed E-state index contributed by atoms with van der Waals surface area (Å²) >= 11 is 0. The number of nitrogens with zero attached hydrogens (tertiary/aromatic N) is 1. The van der Waals surface area contributed by atoms with Gasteiger partial charge in [-0.15, -0.1) is 0 Å². The van der Waals surface area contributed by atoms with Gasteiger partial charge in [-0.3, -0.25) is 9.59 Å². The van der Waals surface area contributed by atoms with Gasteiger partial charge in [0.15, 0.2) is 0 Å². The Morgan fingerprint density at radius 2 is 0.897 bits per heavy atom. The van der Waals surface area contributed by atoms with E-state index in [0.717, 1.165) is 25.7 Å². The average Bonchev–Trinajstić information content (AvgIpc) is 2.90. The van der Waals surface area contributed by atoms with Crippen molar-refractivity contribution in [2.45, 2.75) is 148 Å². The first kappa shape index (κ1) is 37.1. The topological polar surface area (TPSA) is 115 Å². The molecule has 0 fully saturated rings. The molecule has 0 aromatic heterocycles. The van der Waals surface area contributed by atoms with E-state index in [1.165, 1.54) is 96.3 Å². The first-order valence-corrected chi connectivity index (χ1v) is 15.9. The molecule has 0 aliphatic carbocycles. The number of hydrogen-bond acceptors (Lipinski definition) is 4. The van der Waals surface area contributed by atoms with Crippen LogP contribution in [-0.4, -0.2) is 58.8 Å². The van der Waals surface area contributed by atoms with Gasteiger partial charge in [-0.25, -0.2) is 0 Å². The summed E-state index contributed by atoms with van der Waals surface area (Å²) in [4.78, 5) is 33.3. The third kappa shape index (κ3) is 26.1. The van der Waals surface area contributed by atoms with Gasteiger partial charge < -0.3 is 24.6 Å². The average molecular weight is 554 g/mol. The molecule has 0 aromatic carbocycles. The van der Waals surface area contributed by atoms with Gasteiger partial charge >= 0.3 is 11.9 Å². The van der Waals surface area contributed by atoms with Crippen molar-refractivity contribution in [3.05, 3.63) is 12.2 Å². The van der Waals surface area contributed by atoms with Gasteiger partial charge in [-0.1, -0.05) is 109 Å². The van der Waals surface area contributed by atoms with Crippen LogP contribution in [0.25, 0.3) is 0 Å². The second-order valence-corrected chi connectivity index (χ2v) is 11.3. The molecule has 7 heteroatoms. The summed E-state index contributed by atoms with van der Waals surface area (Å²) in [5.74, 6) is -3.07. The minimum absolute atomic E-state index is 0.0932. The highest BCUT2D eigenvalue weighted by Crippen LogP contribution is 2.17. The Balaban J connectivity index is 3.83. The number of aliphatic carboxylic acids is 3. The van der Waals surface area contributed by atoms with Gasteiger partial charge in [-0.05, 0) is 32.1 Å². The Bertz CT molecular complexity index is 603. The van der Waals surface area contributed by atoms with Gasteiger partial charge in [0.1, 0.15) is 0 Å². The van der Waals surface area contributed by atoms with Crippen LogP contribution in [-0.2, 0) is 14.4 Å². The van der Waals surface area contributed by atoms with Crippen LogP contribution < -0.4 is 5.11 Å². The van der Waals surface area contributed by atoms with Crippen LogP contribution >= 0.6 is 0 Å². The van der Waals surface area contributed by atoms with Crippen LogP contribution in [0.15, 0.2) is 12.2 Å². The molecule has 0 aromatic rings. The molecule has 0 heterocycles. The SMILES string of the molecule is CC/C=C/CCCCCCCCCCCCCCCCCCC[N+](CCC(=O)[O-])(CCC(=O)O)CCC(=O)O. The van der Waals surface area contributed by atoms with Crippen molar-refractivity contribution in [3.8, 4) is 0 Å². The Labute approximate surface area is 238 Å². The molecule has 0 aliphatic heterocycles. The molecule has 0 rings (SSSR count). The standard InChI is InChI=1S/C32H59NO6/c1-2-3-4-5-6-7-8-9-10-11-12-13-14-15-16-17-18-19-20-21-22-26-33(27-23-30(34)35,28-24-31(36)37)29-25-32(38)39/h3-4H,2,5-29H2,1H3,(H2-,34,35,36,37,38,39)/b4-3+. The van der Waals surface area contributed by atoms with E-state index < -0.39 is 17.9 Å². The number of rotatable bonds is 30. The maximum absolute atomic E-state index is 11.1. The van der Waals surface area contributed by atoms with Crippen molar-refractivity contribution in [1.29, 1.82) is 0 Å². The summed E-state index contributed by atoms with van der Waals surface area (Å²) in [6, 6.07) is 0. The zero-order valence-corrected chi connectivity index (χ0v) is 25.0. The molecule has 2 N–H and O–H groups in total. The molecule has 0 aliphatic rings. The highest BCUT2D eigenvalue weighted by atomic mass is 16.4. The van der Waals surface area contributed by atoms with Gasteiger partial charge in [0.05, 0.1) is 39.0 Å². The first-order chi connectivity index (χ1) is 18.8. The monoisotopic (exact) mass is 553 g/mol. The molecule has 7 nitrogen and oxygen atoms in total. The molecule has 0 radical (unpaired) electrons. The third-order valence-electron chi connectivity index (χ3n) is 7.80. The molecule has 0 unspecified atom stereocenters. The van der Waals surface area contributed by atoms with Gasteiger partial charge in [0.25, 0.3) is 0 Å². The largest absolute Gasteiger partial charge is 0.550 e. The number of carboxylic acid groups (broad SMARTS) is 3. The minimum Gasteiger partial charge on any atom is -0.550 e. The van der Waals surface area contributed by atoms with Gasteiger partial charge in [0.2, 0.25) is 0 Å². The van der Waals surface area contributed by atoms with Crippen LogP contribution in [0, 0.1) is 0 Å². The van der Waals surface area contributed by atoms with E-state index in [4.69, 9.17) is 10.2 Å². The number of quaternary nitrogens is 1. The first-order valence-electron chi connectivity index (χ1n) is 15.9. The lowest BCUT2D eigenvalue weighted by Crippen LogP contribution is -2.53. The summed E-state index contributed by atoms with van der Waals surface area (Å²) in [6.45, 7) is 3.54. The molecule has 0 amide bonds. The molecule has 0 spiro atoms. The Morgan fingerprint density at radius 3 is 1.26 bits per heavy atom. The quantitative estimate of drug-likeness (QED) is 0.0569. The fourth-order valence-corrected chi connectivity index (χ4v) is 5.31.